The maximum Gasteiger partial charge on any atom is 0.257 e. The summed E-state index contributed by atoms with van der Waals surface area (Å²) in [4.78, 5) is 27.4. The first-order valence-electron chi connectivity index (χ1n) is 6.54. The Bertz CT molecular complexity index is 863. The smallest absolute Gasteiger partial charge is 0.257 e. The van der Waals surface area contributed by atoms with Crippen LogP contribution in [0.3, 0.4) is 0 Å². The first-order chi connectivity index (χ1) is 10.2. The average Bonchev–Trinajstić information content (AvgIpc) is 2.91. The van der Waals surface area contributed by atoms with Crippen molar-refractivity contribution in [3.63, 3.8) is 0 Å². The Hall–Kier alpha value is -2.89. The Morgan fingerprint density at radius 3 is 2.90 bits per heavy atom. The number of benzene rings is 1. The number of rotatable bonds is 3. The van der Waals surface area contributed by atoms with Gasteiger partial charge in [0.1, 0.15) is 5.56 Å². The Morgan fingerprint density at radius 2 is 2.14 bits per heavy atom. The SMILES string of the molecule is Cc1[nH]ncc1CNC(=O)c1c[nH]c2ccccc2c1=O. The zero-order valence-electron chi connectivity index (χ0n) is 11.4. The fourth-order valence-corrected chi connectivity index (χ4v) is 2.16. The van der Waals surface area contributed by atoms with Crippen molar-refractivity contribution in [2.45, 2.75) is 13.5 Å². The van der Waals surface area contributed by atoms with Gasteiger partial charge in [0.25, 0.3) is 5.91 Å². The second-order valence-corrected chi connectivity index (χ2v) is 4.78. The molecule has 2 aromatic heterocycles. The number of carbonyl (C=O) groups excluding carboxylic acids is 1. The van der Waals surface area contributed by atoms with Gasteiger partial charge >= 0.3 is 0 Å². The first-order valence-corrected chi connectivity index (χ1v) is 6.54. The van der Waals surface area contributed by atoms with Crippen LogP contribution in [0.2, 0.25) is 0 Å². The molecular weight excluding hydrogens is 268 g/mol. The minimum atomic E-state index is -0.400. The third-order valence-electron chi connectivity index (χ3n) is 3.41. The molecule has 3 N–H and O–H groups in total. The van der Waals surface area contributed by atoms with E-state index in [1.165, 1.54) is 6.20 Å². The number of amides is 1. The summed E-state index contributed by atoms with van der Waals surface area (Å²) in [6, 6.07) is 7.10. The number of aryl methyl sites for hydroxylation is 1. The van der Waals surface area contributed by atoms with E-state index in [4.69, 9.17) is 0 Å². The van der Waals surface area contributed by atoms with Gasteiger partial charge in [-0.1, -0.05) is 12.1 Å². The van der Waals surface area contributed by atoms with Crippen molar-refractivity contribution in [1.29, 1.82) is 0 Å². The van der Waals surface area contributed by atoms with Gasteiger partial charge in [0.05, 0.1) is 6.20 Å². The molecule has 0 saturated carbocycles. The molecule has 0 unspecified atom stereocenters. The van der Waals surface area contributed by atoms with Crippen molar-refractivity contribution in [2.75, 3.05) is 0 Å². The largest absolute Gasteiger partial charge is 0.360 e. The summed E-state index contributed by atoms with van der Waals surface area (Å²) >= 11 is 0. The second kappa shape index (κ2) is 5.24. The molecular formula is C15H14N4O2. The molecule has 0 atom stereocenters. The minimum absolute atomic E-state index is 0.106. The van der Waals surface area contributed by atoms with Crippen molar-refractivity contribution in [2.24, 2.45) is 0 Å². The lowest BCUT2D eigenvalue weighted by Gasteiger charge is -2.05. The summed E-state index contributed by atoms with van der Waals surface area (Å²) in [5.74, 6) is -0.400. The average molecular weight is 282 g/mol. The number of hydrogen-bond donors (Lipinski definition) is 3. The Balaban J connectivity index is 1.86. The number of hydrogen-bond acceptors (Lipinski definition) is 3. The maximum absolute atomic E-state index is 12.3. The molecule has 0 bridgehead atoms. The number of aromatic nitrogens is 3. The number of aromatic amines is 2. The minimum Gasteiger partial charge on any atom is -0.360 e. The van der Waals surface area contributed by atoms with Crippen molar-refractivity contribution in [1.82, 2.24) is 20.5 Å². The van der Waals surface area contributed by atoms with Gasteiger partial charge in [-0.3, -0.25) is 14.7 Å². The van der Waals surface area contributed by atoms with Crippen LogP contribution in [0, 0.1) is 6.92 Å². The Kier molecular flexibility index (Phi) is 3.27. The quantitative estimate of drug-likeness (QED) is 0.679. The van der Waals surface area contributed by atoms with Crippen molar-refractivity contribution >= 4 is 16.8 Å². The molecule has 0 aliphatic rings. The monoisotopic (exact) mass is 282 g/mol. The standard InChI is InChI=1S/C15H14N4O2/c1-9-10(7-18-19-9)6-17-15(21)12-8-16-13-5-3-2-4-11(13)14(12)20/h2-5,7-8H,6H2,1H3,(H,16,20)(H,17,21)(H,18,19). The summed E-state index contributed by atoms with van der Waals surface area (Å²) in [5.41, 5.74) is 2.33. The predicted octanol–water partition coefficient (Wildman–Crippen LogP) is 1.49. The number of carbonyl (C=O) groups is 1. The molecule has 6 nitrogen and oxygen atoms in total. The van der Waals surface area contributed by atoms with E-state index < -0.39 is 5.91 Å². The highest BCUT2D eigenvalue weighted by Crippen LogP contribution is 2.07. The molecule has 0 aliphatic carbocycles. The van der Waals surface area contributed by atoms with Gasteiger partial charge in [-0.2, -0.15) is 5.10 Å². The van der Waals surface area contributed by atoms with Crippen LogP contribution in [-0.4, -0.2) is 21.1 Å². The van der Waals surface area contributed by atoms with Gasteiger partial charge in [-0.25, -0.2) is 0 Å². The fraction of sp³-hybridized carbons (Fsp3) is 0.133. The molecule has 1 aromatic carbocycles. The van der Waals surface area contributed by atoms with E-state index in [1.54, 1.807) is 24.4 Å². The number of fused-ring (bicyclic) bond motifs is 1. The van der Waals surface area contributed by atoms with Crippen molar-refractivity contribution in [3.8, 4) is 0 Å². The van der Waals surface area contributed by atoms with Crippen molar-refractivity contribution in [3.05, 3.63) is 63.7 Å². The Morgan fingerprint density at radius 1 is 1.33 bits per heavy atom. The van der Waals surface area contributed by atoms with E-state index in [9.17, 15) is 9.59 Å². The normalized spacial score (nSPS) is 10.7. The van der Waals surface area contributed by atoms with Crippen LogP contribution >= 0.6 is 0 Å². The molecule has 2 heterocycles. The molecule has 106 valence electrons. The van der Waals surface area contributed by atoms with Crippen LogP contribution in [0.1, 0.15) is 21.6 Å². The predicted molar refractivity (Wildman–Crippen MR) is 79.1 cm³/mol. The number of nitrogens with zero attached hydrogens (tertiary/aromatic N) is 1. The molecule has 1 amide bonds. The molecule has 0 fully saturated rings. The lowest BCUT2D eigenvalue weighted by Crippen LogP contribution is -2.28. The summed E-state index contributed by atoms with van der Waals surface area (Å²) in [6.07, 6.45) is 3.10. The van der Waals surface area contributed by atoms with E-state index in [0.717, 1.165) is 11.3 Å². The summed E-state index contributed by atoms with van der Waals surface area (Å²) < 4.78 is 0. The lowest BCUT2D eigenvalue weighted by atomic mass is 10.1. The number of H-pyrrole nitrogens is 2. The molecule has 3 aromatic rings. The van der Waals surface area contributed by atoms with E-state index >= 15 is 0 Å². The van der Waals surface area contributed by atoms with Gasteiger partial charge in [0.2, 0.25) is 5.43 Å². The van der Waals surface area contributed by atoms with E-state index in [0.29, 0.717) is 17.4 Å². The summed E-state index contributed by atoms with van der Waals surface area (Å²) in [7, 11) is 0. The highest BCUT2D eigenvalue weighted by atomic mass is 16.2. The van der Waals surface area contributed by atoms with Gasteiger partial charge in [0.15, 0.2) is 0 Å². The van der Waals surface area contributed by atoms with Crippen LogP contribution < -0.4 is 10.7 Å². The molecule has 0 saturated heterocycles. The molecule has 0 spiro atoms. The zero-order valence-corrected chi connectivity index (χ0v) is 11.4. The van der Waals surface area contributed by atoms with E-state index in [-0.39, 0.29) is 11.0 Å². The third kappa shape index (κ3) is 2.43. The molecule has 3 rings (SSSR count). The van der Waals surface area contributed by atoms with Crippen LogP contribution in [-0.2, 0) is 6.54 Å². The van der Waals surface area contributed by atoms with Crippen LogP contribution in [0.5, 0.6) is 0 Å². The fourth-order valence-electron chi connectivity index (χ4n) is 2.16. The first kappa shape index (κ1) is 13.1. The summed E-state index contributed by atoms with van der Waals surface area (Å²) in [5, 5.41) is 9.92. The van der Waals surface area contributed by atoms with Crippen LogP contribution in [0.15, 0.2) is 41.5 Å². The molecule has 6 heteroatoms. The maximum atomic E-state index is 12.3. The number of nitrogens with one attached hydrogen (secondary N) is 3. The van der Waals surface area contributed by atoms with Gasteiger partial charge in [0, 0.05) is 34.9 Å². The molecule has 0 radical (unpaired) electrons. The van der Waals surface area contributed by atoms with Gasteiger partial charge in [-0.15, -0.1) is 0 Å². The second-order valence-electron chi connectivity index (χ2n) is 4.78. The third-order valence-corrected chi connectivity index (χ3v) is 3.41. The zero-order chi connectivity index (χ0) is 14.8. The van der Waals surface area contributed by atoms with Gasteiger partial charge in [-0.05, 0) is 19.1 Å². The van der Waals surface area contributed by atoms with E-state index in [2.05, 4.69) is 20.5 Å². The van der Waals surface area contributed by atoms with Crippen LogP contribution in [0.4, 0.5) is 0 Å². The lowest BCUT2D eigenvalue weighted by molar-refractivity contribution is 0.0949. The molecule has 21 heavy (non-hydrogen) atoms. The number of pyridine rings is 1. The topological polar surface area (TPSA) is 90.6 Å². The Labute approximate surface area is 120 Å². The highest BCUT2D eigenvalue weighted by molar-refractivity contribution is 5.97. The number of para-hydroxylation sites is 1. The summed E-state index contributed by atoms with van der Waals surface area (Å²) in [6.45, 7) is 2.20. The van der Waals surface area contributed by atoms with Gasteiger partial charge < -0.3 is 10.3 Å². The van der Waals surface area contributed by atoms with Crippen molar-refractivity contribution < 1.29 is 4.79 Å². The molecule has 0 aliphatic heterocycles. The highest BCUT2D eigenvalue weighted by Gasteiger charge is 2.13. The van der Waals surface area contributed by atoms with Crippen LogP contribution in [0.25, 0.3) is 10.9 Å². The van der Waals surface area contributed by atoms with E-state index in [1.807, 2.05) is 13.0 Å².